The number of carbonyl (C=O) groups excluding carboxylic acids is 1. The zero-order valence-electron chi connectivity index (χ0n) is 9.95. The molecule has 1 aromatic heterocycles. The first-order valence-corrected chi connectivity index (χ1v) is 5.30. The Bertz CT molecular complexity index is 631. The van der Waals surface area contributed by atoms with E-state index in [0.717, 1.165) is 5.56 Å². The monoisotopic (exact) mass is 245 g/mol. The molecule has 0 aliphatic heterocycles. The van der Waals surface area contributed by atoms with E-state index in [0.29, 0.717) is 11.1 Å². The molecule has 0 saturated heterocycles. The number of hydrogen-bond donors (Lipinski definition) is 0. The molecule has 0 radical (unpaired) electrons. The van der Waals surface area contributed by atoms with Crippen molar-refractivity contribution in [1.82, 2.24) is 9.78 Å². The molecule has 92 valence electrons. The van der Waals surface area contributed by atoms with Crippen molar-refractivity contribution >= 4 is 11.6 Å². The van der Waals surface area contributed by atoms with Gasteiger partial charge < -0.3 is 0 Å². The summed E-state index contributed by atoms with van der Waals surface area (Å²) in [6.45, 7) is 3.43. The molecule has 0 fully saturated rings. The van der Waals surface area contributed by atoms with Crippen molar-refractivity contribution in [2.24, 2.45) is 0 Å². The summed E-state index contributed by atoms with van der Waals surface area (Å²) in [5.41, 5.74) is 1.71. The minimum absolute atomic E-state index is 0.00296. The third kappa shape index (κ3) is 2.13. The van der Waals surface area contributed by atoms with Crippen LogP contribution in [-0.2, 0) is 0 Å². The summed E-state index contributed by atoms with van der Waals surface area (Å²) in [5, 5.41) is 14.6. The maximum absolute atomic E-state index is 12.0. The molecule has 6 heteroatoms. The molecule has 0 saturated carbocycles. The molecular formula is C12H11N3O3. The number of hydrogen-bond acceptors (Lipinski definition) is 4. The van der Waals surface area contributed by atoms with Gasteiger partial charge in [0.2, 0.25) is 0 Å². The fraction of sp³-hybridized carbons (Fsp3) is 0.167. The molecule has 0 atom stereocenters. The molecule has 0 amide bonds. The Labute approximate surface area is 103 Å². The first kappa shape index (κ1) is 12.0. The van der Waals surface area contributed by atoms with Gasteiger partial charge in [-0.05, 0) is 31.5 Å². The Morgan fingerprint density at radius 3 is 2.61 bits per heavy atom. The van der Waals surface area contributed by atoms with E-state index in [1.165, 1.54) is 22.9 Å². The highest BCUT2D eigenvalue weighted by Gasteiger charge is 2.15. The van der Waals surface area contributed by atoms with Crippen molar-refractivity contribution in [3.63, 3.8) is 0 Å². The summed E-state index contributed by atoms with van der Waals surface area (Å²) in [6.07, 6.45) is 3.19. The van der Waals surface area contributed by atoms with Gasteiger partial charge >= 0.3 is 0 Å². The van der Waals surface area contributed by atoms with E-state index in [-0.39, 0.29) is 11.6 Å². The summed E-state index contributed by atoms with van der Waals surface area (Å²) in [7, 11) is 0. The van der Waals surface area contributed by atoms with Crippen molar-refractivity contribution < 1.29 is 9.72 Å². The number of benzene rings is 1. The lowest BCUT2D eigenvalue weighted by Crippen LogP contribution is -2.12. The van der Waals surface area contributed by atoms with Crippen molar-refractivity contribution in [2.75, 3.05) is 0 Å². The van der Waals surface area contributed by atoms with E-state index < -0.39 is 4.92 Å². The maximum Gasteiger partial charge on any atom is 0.278 e. The Hall–Kier alpha value is -2.50. The SMILES string of the molecule is Cc1cnn(C(=O)c2ccc([N+](=O)[O-])c(C)c2)c1. The van der Waals surface area contributed by atoms with Crippen LogP contribution < -0.4 is 0 Å². The van der Waals surface area contributed by atoms with Crippen LogP contribution in [0.3, 0.4) is 0 Å². The third-order valence-corrected chi connectivity index (χ3v) is 2.56. The largest absolute Gasteiger partial charge is 0.278 e. The van der Waals surface area contributed by atoms with E-state index in [4.69, 9.17) is 0 Å². The average molecular weight is 245 g/mol. The van der Waals surface area contributed by atoms with E-state index in [9.17, 15) is 14.9 Å². The predicted octanol–water partition coefficient (Wildman–Crippen LogP) is 2.10. The lowest BCUT2D eigenvalue weighted by atomic mass is 10.1. The van der Waals surface area contributed by atoms with E-state index in [2.05, 4.69) is 5.10 Å². The van der Waals surface area contributed by atoms with Gasteiger partial charge in [-0.15, -0.1) is 0 Å². The molecule has 2 rings (SSSR count). The van der Waals surface area contributed by atoms with Gasteiger partial charge in [0, 0.05) is 23.4 Å². The molecule has 1 aromatic carbocycles. The quantitative estimate of drug-likeness (QED) is 0.599. The highest BCUT2D eigenvalue weighted by molar-refractivity contribution is 5.95. The van der Waals surface area contributed by atoms with Crippen LogP contribution in [0.5, 0.6) is 0 Å². The standard InChI is InChI=1S/C12H11N3O3/c1-8-6-13-14(7-8)12(16)10-3-4-11(15(17)18)9(2)5-10/h3-7H,1-2H3. The van der Waals surface area contributed by atoms with Crippen molar-refractivity contribution in [3.8, 4) is 0 Å². The zero-order chi connectivity index (χ0) is 13.3. The third-order valence-electron chi connectivity index (χ3n) is 2.56. The Morgan fingerprint density at radius 2 is 2.11 bits per heavy atom. The first-order chi connectivity index (χ1) is 8.49. The number of aromatic nitrogens is 2. The molecule has 1 heterocycles. The highest BCUT2D eigenvalue weighted by atomic mass is 16.6. The Kier molecular flexibility index (Phi) is 2.93. The minimum Gasteiger partial charge on any atom is -0.267 e. The second-order valence-corrected chi connectivity index (χ2v) is 4.03. The van der Waals surface area contributed by atoms with Gasteiger partial charge in [0.1, 0.15) is 0 Å². The maximum atomic E-state index is 12.0. The molecular weight excluding hydrogens is 234 g/mol. The lowest BCUT2D eigenvalue weighted by molar-refractivity contribution is -0.385. The molecule has 0 bridgehead atoms. The zero-order valence-corrected chi connectivity index (χ0v) is 9.95. The molecule has 0 unspecified atom stereocenters. The van der Waals surface area contributed by atoms with E-state index in [1.807, 2.05) is 6.92 Å². The normalized spacial score (nSPS) is 10.3. The number of nitro benzene ring substituents is 1. The Morgan fingerprint density at radius 1 is 1.39 bits per heavy atom. The van der Waals surface area contributed by atoms with Crippen LogP contribution in [0.1, 0.15) is 21.5 Å². The molecule has 2 aromatic rings. The van der Waals surface area contributed by atoms with Crippen molar-refractivity contribution in [1.29, 1.82) is 0 Å². The molecule has 0 spiro atoms. The highest BCUT2D eigenvalue weighted by Crippen LogP contribution is 2.19. The summed E-state index contributed by atoms with van der Waals surface area (Å²) in [6, 6.07) is 4.26. The molecule has 0 aliphatic carbocycles. The van der Waals surface area contributed by atoms with Crippen LogP contribution in [0.2, 0.25) is 0 Å². The number of aryl methyl sites for hydroxylation is 2. The smallest absolute Gasteiger partial charge is 0.267 e. The van der Waals surface area contributed by atoms with Gasteiger partial charge in [0.15, 0.2) is 0 Å². The van der Waals surface area contributed by atoms with Crippen LogP contribution in [0.25, 0.3) is 0 Å². The van der Waals surface area contributed by atoms with Crippen LogP contribution in [0.15, 0.2) is 30.6 Å². The van der Waals surface area contributed by atoms with Crippen molar-refractivity contribution in [2.45, 2.75) is 13.8 Å². The van der Waals surface area contributed by atoms with Crippen LogP contribution in [0.4, 0.5) is 5.69 Å². The van der Waals surface area contributed by atoms with E-state index >= 15 is 0 Å². The van der Waals surface area contributed by atoms with E-state index in [1.54, 1.807) is 19.3 Å². The Balaban J connectivity index is 2.38. The first-order valence-electron chi connectivity index (χ1n) is 5.30. The summed E-state index contributed by atoms with van der Waals surface area (Å²) < 4.78 is 1.22. The molecule has 6 nitrogen and oxygen atoms in total. The van der Waals surface area contributed by atoms with Crippen LogP contribution >= 0.6 is 0 Å². The lowest BCUT2D eigenvalue weighted by Gasteiger charge is -2.02. The fourth-order valence-electron chi connectivity index (χ4n) is 1.65. The van der Waals surface area contributed by atoms with Gasteiger partial charge in [-0.3, -0.25) is 14.9 Å². The average Bonchev–Trinajstić information content (AvgIpc) is 2.74. The fourth-order valence-corrected chi connectivity index (χ4v) is 1.65. The van der Waals surface area contributed by atoms with Crippen molar-refractivity contribution in [3.05, 3.63) is 57.4 Å². The summed E-state index contributed by atoms with van der Waals surface area (Å²) >= 11 is 0. The second-order valence-electron chi connectivity index (χ2n) is 4.03. The molecule has 0 aliphatic rings. The topological polar surface area (TPSA) is 78.0 Å². The summed E-state index contributed by atoms with van der Waals surface area (Å²) in [4.78, 5) is 22.2. The van der Waals surface area contributed by atoms with Gasteiger partial charge in [0.25, 0.3) is 11.6 Å². The van der Waals surface area contributed by atoms with Crippen LogP contribution in [0, 0.1) is 24.0 Å². The van der Waals surface area contributed by atoms with Crippen LogP contribution in [-0.4, -0.2) is 20.6 Å². The number of carbonyl (C=O) groups is 1. The van der Waals surface area contributed by atoms with Gasteiger partial charge in [-0.1, -0.05) is 0 Å². The number of nitro groups is 1. The predicted molar refractivity (Wildman–Crippen MR) is 64.5 cm³/mol. The number of nitrogens with zero attached hydrogens (tertiary/aromatic N) is 3. The molecule has 18 heavy (non-hydrogen) atoms. The minimum atomic E-state index is -0.471. The number of rotatable bonds is 2. The van der Waals surface area contributed by atoms with Gasteiger partial charge in [-0.25, -0.2) is 4.68 Å². The molecule has 0 N–H and O–H groups in total. The summed E-state index contributed by atoms with van der Waals surface area (Å²) in [5.74, 6) is -0.305. The second kappa shape index (κ2) is 4.40. The van der Waals surface area contributed by atoms with Gasteiger partial charge in [0.05, 0.1) is 11.1 Å². The van der Waals surface area contributed by atoms with Gasteiger partial charge in [-0.2, -0.15) is 5.10 Å².